The summed E-state index contributed by atoms with van der Waals surface area (Å²) in [5.41, 5.74) is 6.53. The molecule has 1 aromatic heterocycles. The van der Waals surface area contributed by atoms with E-state index in [4.69, 9.17) is 17.3 Å². The normalized spacial score (nSPS) is 15.3. The van der Waals surface area contributed by atoms with Crippen molar-refractivity contribution in [3.63, 3.8) is 0 Å². The first-order chi connectivity index (χ1) is 15.2. The summed E-state index contributed by atoms with van der Waals surface area (Å²) in [6.07, 6.45) is 2.83. The Bertz CT molecular complexity index is 1400. The van der Waals surface area contributed by atoms with E-state index in [2.05, 4.69) is 15.3 Å². The van der Waals surface area contributed by atoms with Gasteiger partial charge in [-0.3, -0.25) is 0 Å². The van der Waals surface area contributed by atoms with Crippen molar-refractivity contribution in [2.24, 2.45) is 0 Å². The molecule has 0 bridgehead atoms. The molecule has 0 spiro atoms. The van der Waals surface area contributed by atoms with E-state index in [-0.39, 0.29) is 38.5 Å². The summed E-state index contributed by atoms with van der Waals surface area (Å²) in [6.45, 7) is 1.68. The largest absolute Gasteiger partial charge is 0.382 e. The fourth-order valence-electron chi connectivity index (χ4n) is 3.45. The minimum Gasteiger partial charge on any atom is -0.382 e. The van der Waals surface area contributed by atoms with Gasteiger partial charge >= 0.3 is 0 Å². The average molecular weight is 471 g/mol. The lowest BCUT2D eigenvalue weighted by atomic mass is 10.1. The van der Waals surface area contributed by atoms with Crippen molar-refractivity contribution in [1.82, 2.24) is 9.97 Å². The van der Waals surface area contributed by atoms with Crippen LogP contribution >= 0.6 is 11.6 Å². The van der Waals surface area contributed by atoms with Crippen molar-refractivity contribution in [1.29, 1.82) is 5.26 Å². The zero-order chi connectivity index (χ0) is 23.0. The number of halogens is 2. The van der Waals surface area contributed by atoms with Crippen LogP contribution in [0.2, 0.25) is 5.02 Å². The Labute approximate surface area is 188 Å². The zero-order valence-electron chi connectivity index (χ0n) is 16.6. The molecule has 1 aliphatic heterocycles. The van der Waals surface area contributed by atoms with Crippen LogP contribution in [0.15, 0.2) is 59.4 Å². The average Bonchev–Trinajstić information content (AvgIpc) is 2.73. The third kappa shape index (κ3) is 3.62. The molecule has 0 unspecified atom stereocenters. The first-order valence-electron chi connectivity index (χ1n) is 9.32. The van der Waals surface area contributed by atoms with Gasteiger partial charge in [0, 0.05) is 0 Å². The smallest absolute Gasteiger partial charge is 0.270 e. The lowest BCUT2D eigenvalue weighted by Crippen LogP contribution is -2.40. The fraction of sp³-hybridized carbons (Fsp3) is 0.0952. The van der Waals surface area contributed by atoms with E-state index in [1.165, 1.54) is 30.6 Å². The van der Waals surface area contributed by atoms with Crippen LogP contribution in [0.25, 0.3) is 6.08 Å². The Morgan fingerprint density at radius 1 is 1.25 bits per heavy atom. The molecule has 1 atom stereocenters. The van der Waals surface area contributed by atoms with Gasteiger partial charge in [0.05, 0.1) is 22.4 Å². The second-order valence-electron chi connectivity index (χ2n) is 6.94. The highest BCUT2D eigenvalue weighted by Gasteiger charge is 2.38. The number of fused-ring (bicyclic) bond motifs is 1. The summed E-state index contributed by atoms with van der Waals surface area (Å²) in [6, 6.07) is 11.2. The molecule has 11 heteroatoms. The van der Waals surface area contributed by atoms with E-state index < -0.39 is 21.9 Å². The Balaban J connectivity index is 1.89. The van der Waals surface area contributed by atoms with Crippen LogP contribution in [0.5, 0.6) is 0 Å². The molecule has 2 heterocycles. The van der Waals surface area contributed by atoms with Crippen molar-refractivity contribution in [3.05, 3.63) is 76.5 Å². The number of benzene rings is 2. The minimum atomic E-state index is -4.19. The molecule has 0 radical (unpaired) electrons. The number of nitriles is 1. The molecular formula is C21H16ClFN6O2S. The van der Waals surface area contributed by atoms with Gasteiger partial charge in [0.1, 0.15) is 40.3 Å². The van der Waals surface area contributed by atoms with E-state index in [1.54, 1.807) is 25.1 Å². The Hall–Kier alpha value is -3.68. The number of anilines is 3. The van der Waals surface area contributed by atoms with E-state index in [9.17, 15) is 18.1 Å². The lowest BCUT2D eigenvalue weighted by Gasteiger charge is -2.34. The summed E-state index contributed by atoms with van der Waals surface area (Å²) < 4.78 is 42.3. The molecule has 3 aromatic rings. The maximum Gasteiger partial charge on any atom is 0.270 e. The van der Waals surface area contributed by atoms with Crippen molar-refractivity contribution >= 4 is 45.0 Å². The zero-order valence-corrected chi connectivity index (χ0v) is 18.2. The van der Waals surface area contributed by atoms with Gasteiger partial charge in [-0.2, -0.15) is 5.26 Å². The van der Waals surface area contributed by atoms with Crippen LogP contribution in [0.1, 0.15) is 18.1 Å². The topological polar surface area (TPSA) is 125 Å². The van der Waals surface area contributed by atoms with Gasteiger partial charge in [-0.1, -0.05) is 29.8 Å². The maximum atomic E-state index is 14.0. The molecule has 8 nitrogen and oxygen atoms in total. The monoisotopic (exact) mass is 470 g/mol. The van der Waals surface area contributed by atoms with Crippen molar-refractivity contribution in [3.8, 4) is 6.07 Å². The number of nitrogen functional groups attached to an aromatic ring is 1. The van der Waals surface area contributed by atoms with Crippen LogP contribution in [0, 0.1) is 17.1 Å². The Morgan fingerprint density at radius 2 is 2.00 bits per heavy atom. The van der Waals surface area contributed by atoms with Crippen LogP contribution in [-0.2, 0) is 10.0 Å². The third-order valence-electron chi connectivity index (χ3n) is 4.86. The van der Waals surface area contributed by atoms with Crippen LogP contribution in [0.3, 0.4) is 0 Å². The number of nitrogens with zero attached hydrogens (tertiary/aromatic N) is 4. The van der Waals surface area contributed by atoms with Crippen LogP contribution in [-0.4, -0.2) is 24.4 Å². The van der Waals surface area contributed by atoms with Gasteiger partial charge in [-0.15, -0.1) is 0 Å². The lowest BCUT2D eigenvalue weighted by molar-refractivity contribution is 0.591. The van der Waals surface area contributed by atoms with Crippen LogP contribution in [0.4, 0.5) is 21.7 Å². The standard InChI is InChI=1S/C21H16ClFN6O2S/c1-12(28-21-16(10-24)20(25)26-11-27-21)18-8-13-4-2-7-17(22)19(13)32(30,31)29(18)15-6-3-5-14(23)9-15/h2-9,11-12H,1H3,(H3,25,26,27,28)/t12-/m0/s1. The molecule has 32 heavy (non-hydrogen) atoms. The van der Waals surface area contributed by atoms with Crippen molar-refractivity contribution in [2.75, 3.05) is 15.4 Å². The summed E-state index contributed by atoms with van der Waals surface area (Å²) in [5, 5.41) is 12.5. The second kappa shape index (κ2) is 8.11. The van der Waals surface area contributed by atoms with Crippen molar-refractivity contribution in [2.45, 2.75) is 17.9 Å². The van der Waals surface area contributed by atoms with E-state index in [0.717, 1.165) is 10.4 Å². The highest BCUT2D eigenvalue weighted by Crippen LogP contribution is 2.40. The van der Waals surface area contributed by atoms with Gasteiger partial charge in [0.2, 0.25) is 0 Å². The van der Waals surface area contributed by atoms with Gasteiger partial charge in [0.25, 0.3) is 10.0 Å². The first-order valence-corrected chi connectivity index (χ1v) is 11.1. The predicted molar refractivity (Wildman–Crippen MR) is 120 cm³/mol. The molecule has 3 N–H and O–H groups in total. The van der Waals surface area contributed by atoms with Gasteiger partial charge < -0.3 is 11.1 Å². The quantitative estimate of drug-likeness (QED) is 0.594. The molecule has 162 valence electrons. The maximum absolute atomic E-state index is 14.0. The number of hydrogen-bond acceptors (Lipinski definition) is 7. The number of aromatic nitrogens is 2. The summed E-state index contributed by atoms with van der Waals surface area (Å²) in [4.78, 5) is 7.77. The van der Waals surface area contributed by atoms with E-state index in [0.29, 0.717) is 5.56 Å². The van der Waals surface area contributed by atoms with Gasteiger partial charge in [-0.25, -0.2) is 27.1 Å². The van der Waals surface area contributed by atoms with Gasteiger partial charge in [0.15, 0.2) is 0 Å². The second-order valence-corrected chi connectivity index (χ2v) is 9.07. The molecule has 2 aromatic carbocycles. The Morgan fingerprint density at radius 3 is 2.72 bits per heavy atom. The molecule has 0 saturated heterocycles. The highest BCUT2D eigenvalue weighted by molar-refractivity contribution is 7.93. The number of nitrogens with two attached hydrogens (primary N) is 1. The molecule has 4 rings (SSSR count). The molecule has 0 amide bonds. The number of sulfonamides is 1. The Kier molecular flexibility index (Phi) is 5.46. The first kappa shape index (κ1) is 21.5. The molecule has 1 aliphatic rings. The fourth-order valence-corrected chi connectivity index (χ4v) is 5.72. The number of hydrogen-bond donors (Lipinski definition) is 2. The van der Waals surface area contributed by atoms with Crippen LogP contribution < -0.4 is 15.4 Å². The molecule has 0 fully saturated rings. The molecular weight excluding hydrogens is 455 g/mol. The third-order valence-corrected chi connectivity index (χ3v) is 7.16. The SMILES string of the molecule is C[C@H](Nc1ncnc(N)c1C#N)C1=Cc2cccc(Cl)c2S(=O)(=O)N1c1cccc(F)c1. The predicted octanol–water partition coefficient (Wildman–Crippen LogP) is 3.77. The molecule has 0 aliphatic carbocycles. The minimum absolute atomic E-state index is 0.0124. The summed E-state index contributed by atoms with van der Waals surface area (Å²) >= 11 is 6.23. The summed E-state index contributed by atoms with van der Waals surface area (Å²) in [5.74, 6) is -0.471. The number of nitrogens with one attached hydrogen (secondary N) is 1. The number of rotatable bonds is 4. The molecule has 0 saturated carbocycles. The van der Waals surface area contributed by atoms with E-state index in [1.807, 2.05) is 6.07 Å². The summed E-state index contributed by atoms with van der Waals surface area (Å²) in [7, 11) is -4.19. The van der Waals surface area contributed by atoms with Gasteiger partial charge in [-0.05, 0) is 42.8 Å². The highest BCUT2D eigenvalue weighted by atomic mass is 35.5. The van der Waals surface area contributed by atoms with Crippen molar-refractivity contribution < 1.29 is 12.8 Å². The van der Waals surface area contributed by atoms with E-state index >= 15 is 0 Å².